The van der Waals surface area contributed by atoms with E-state index in [9.17, 15) is 50.0 Å². The largest absolute Gasteiger partial charge is 0.306 e. The standard InChI is InChI=1S/C19H11N7O10/c27-18(10-4-12(23(29)30)8-13(5-10)24(31)32)21-16-2-1-3-17(20-16)22-19(28)11-6-14(25(33)34)9-15(7-11)26(35)36/h1-9H,(H2,20,21,22,27,28). The van der Waals surface area contributed by atoms with E-state index < -0.39 is 65.4 Å². The van der Waals surface area contributed by atoms with Gasteiger partial charge < -0.3 is 10.6 Å². The fraction of sp³-hybridized carbons (Fsp3) is 0. The van der Waals surface area contributed by atoms with Crippen LogP contribution < -0.4 is 10.6 Å². The predicted molar refractivity (Wildman–Crippen MR) is 120 cm³/mol. The quantitative estimate of drug-likeness (QED) is 0.338. The van der Waals surface area contributed by atoms with E-state index in [2.05, 4.69) is 15.6 Å². The second-order valence-corrected chi connectivity index (χ2v) is 6.82. The molecule has 0 unspecified atom stereocenters. The van der Waals surface area contributed by atoms with Crippen molar-refractivity contribution in [1.82, 2.24) is 4.98 Å². The van der Waals surface area contributed by atoms with Gasteiger partial charge in [-0.1, -0.05) is 6.07 Å². The van der Waals surface area contributed by atoms with Crippen LogP contribution in [0.3, 0.4) is 0 Å². The molecule has 0 fully saturated rings. The molecule has 0 aliphatic heterocycles. The number of carbonyl (C=O) groups is 2. The first kappa shape index (κ1) is 24.8. The van der Waals surface area contributed by atoms with Crippen LogP contribution in [-0.2, 0) is 0 Å². The number of nitro groups is 4. The molecule has 182 valence electrons. The number of aromatic nitrogens is 1. The van der Waals surface area contributed by atoms with E-state index in [-0.39, 0.29) is 11.6 Å². The fourth-order valence-corrected chi connectivity index (χ4v) is 2.83. The molecule has 2 aromatic carbocycles. The van der Waals surface area contributed by atoms with Crippen LogP contribution in [0.15, 0.2) is 54.6 Å². The summed E-state index contributed by atoms with van der Waals surface area (Å²) in [5.74, 6) is -2.30. The van der Waals surface area contributed by atoms with Crippen LogP contribution in [0.2, 0.25) is 0 Å². The number of pyridine rings is 1. The monoisotopic (exact) mass is 497 g/mol. The second kappa shape index (κ2) is 9.95. The lowest BCUT2D eigenvalue weighted by atomic mass is 10.1. The fourth-order valence-electron chi connectivity index (χ4n) is 2.83. The third-order valence-corrected chi connectivity index (χ3v) is 4.41. The Kier molecular flexibility index (Phi) is 6.85. The lowest BCUT2D eigenvalue weighted by Crippen LogP contribution is -2.16. The first-order valence-corrected chi connectivity index (χ1v) is 9.42. The Morgan fingerprint density at radius 1 is 0.583 bits per heavy atom. The minimum Gasteiger partial charge on any atom is -0.306 e. The molecular weight excluding hydrogens is 486 g/mol. The normalized spacial score (nSPS) is 10.2. The van der Waals surface area contributed by atoms with Crippen molar-refractivity contribution < 1.29 is 29.3 Å². The van der Waals surface area contributed by atoms with Gasteiger partial charge in [-0.2, -0.15) is 0 Å². The Morgan fingerprint density at radius 2 is 0.889 bits per heavy atom. The van der Waals surface area contributed by atoms with Gasteiger partial charge in [-0.3, -0.25) is 50.0 Å². The molecule has 3 aromatic rings. The van der Waals surface area contributed by atoms with Gasteiger partial charge in [0.05, 0.1) is 43.0 Å². The highest BCUT2D eigenvalue weighted by Gasteiger charge is 2.22. The van der Waals surface area contributed by atoms with Crippen molar-refractivity contribution in [3.63, 3.8) is 0 Å². The molecule has 2 amide bonds. The van der Waals surface area contributed by atoms with Crippen molar-refractivity contribution in [2.75, 3.05) is 10.6 Å². The second-order valence-electron chi connectivity index (χ2n) is 6.82. The van der Waals surface area contributed by atoms with Crippen molar-refractivity contribution in [3.05, 3.63) is 106 Å². The molecule has 0 aliphatic carbocycles. The number of hydrogen-bond acceptors (Lipinski definition) is 11. The van der Waals surface area contributed by atoms with E-state index in [1.54, 1.807) is 0 Å². The summed E-state index contributed by atoms with van der Waals surface area (Å²) in [6, 6.07) is 8.55. The van der Waals surface area contributed by atoms with Gasteiger partial charge in [-0.05, 0) is 12.1 Å². The van der Waals surface area contributed by atoms with Crippen LogP contribution in [0.1, 0.15) is 20.7 Å². The lowest BCUT2D eigenvalue weighted by molar-refractivity contribution is -0.394. The molecule has 0 radical (unpaired) electrons. The maximum Gasteiger partial charge on any atom is 0.277 e. The van der Waals surface area contributed by atoms with Crippen molar-refractivity contribution in [3.8, 4) is 0 Å². The SMILES string of the molecule is O=C(Nc1cccc(NC(=O)c2cc([N+](=O)[O-])cc([N+](=O)[O-])c2)n1)c1cc([N+](=O)[O-])cc([N+](=O)[O-])c1. The molecule has 17 heteroatoms. The van der Waals surface area contributed by atoms with E-state index in [4.69, 9.17) is 0 Å². The summed E-state index contributed by atoms with van der Waals surface area (Å²) in [4.78, 5) is 69.4. The molecule has 0 aliphatic rings. The number of nitro benzene ring substituents is 4. The molecule has 1 heterocycles. The highest BCUT2D eigenvalue weighted by Crippen LogP contribution is 2.25. The molecule has 0 bridgehead atoms. The van der Waals surface area contributed by atoms with Gasteiger partial charge in [0.2, 0.25) is 0 Å². The predicted octanol–water partition coefficient (Wildman–Crippen LogP) is 3.22. The molecule has 1 aromatic heterocycles. The number of amides is 2. The van der Waals surface area contributed by atoms with Crippen LogP contribution in [0.4, 0.5) is 34.4 Å². The Labute approximate surface area is 198 Å². The van der Waals surface area contributed by atoms with Crippen molar-refractivity contribution in [2.45, 2.75) is 0 Å². The number of rotatable bonds is 8. The number of non-ortho nitro benzene ring substituents is 4. The molecule has 0 saturated heterocycles. The van der Waals surface area contributed by atoms with Crippen LogP contribution in [0.5, 0.6) is 0 Å². The molecule has 2 N–H and O–H groups in total. The van der Waals surface area contributed by atoms with Gasteiger partial charge in [-0.15, -0.1) is 0 Å². The van der Waals surface area contributed by atoms with Gasteiger partial charge in [0.25, 0.3) is 34.6 Å². The number of nitrogens with one attached hydrogen (secondary N) is 2. The Bertz CT molecular complexity index is 1290. The van der Waals surface area contributed by atoms with E-state index in [1.807, 2.05) is 0 Å². The van der Waals surface area contributed by atoms with Crippen molar-refractivity contribution in [1.29, 1.82) is 0 Å². The first-order valence-electron chi connectivity index (χ1n) is 9.42. The van der Waals surface area contributed by atoms with Gasteiger partial charge in [-0.25, -0.2) is 4.98 Å². The number of benzene rings is 2. The molecule has 17 nitrogen and oxygen atoms in total. The zero-order valence-corrected chi connectivity index (χ0v) is 17.5. The van der Waals surface area contributed by atoms with E-state index >= 15 is 0 Å². The Balaban J connectivity index is 1.83. The summed E-state index contributed by atoms with van der Waals surface area (Å²) in [6.45, 7) is 0. The number of nitrogens with zero attached hydrogens (tertiary/aromatic N) is 5. The smallest absolute Gasteiger partial charge is 0.277 e. The van der Waals surface area contributed by atoms with Gasteiger partial charge in [0, 0.05) is 24.3 Å². The minimum atomic E-state index is -0.980. The van der Waals surface area contributed by atoms with E-state index in [0.717, 1.165) is 24.3 Å². The zero-order chi connectivity index (χ0) is 26.6. The third-order valence-electron chi connectivity index (χ3n) is 4.41. The van der Waals surface area contributed by atoms with Crippen LogP contribution in [0.25, 0.3) is 0 Å². The Hall–Kier alpha value is -5.87. The number of anilines is 2. The molecule has 0 saturated carbocycles. The topological polar surface area (TPSA) is 244 Å². The van der Waals surface area contributed by atoms with E-state index in [0.29, 0.717) is 12.1 Å². The molecule has 36 heavy (non-hydrogen) atoms. The summed E-state index contributed by atoms with van der Waals surface area (Å²) in [6.07, 6.45) is 0. The van der Waals surface area contributed by atoms with Crippen molar-refractivity contribution >= 4 is 46.2 Å². The summed E-state index contributed by atoms with van der Waals surface area (Å²) in [5, 5.41) is 48.6. The van der Waals surface area contributed by atoms with E-state index in [1.165, 1.54) is 18.2 Å². The average molecular weight is 497 g/mol. The molecule has 0 spiro atoms. The maximum atomic E-state index is 12.5. The minimum absolute atomic E-state index is 0.169. The Morgan fingerprint density at radius 3 is 1.17 bits per heavy atom. The number of carbonyl (C=O) groups excluding carboxylic acids is 2. The average Bonchev–Trinajstić information content (AvgIpc) is 2.83. The zero-order valence-electron chi connectivity index (χ0n) is 17.5. The third kappa shape index (κ3) is 5.73. The summed E-state index contributed by atoms with van der Waals surface area (Å²) < 4.78 is 0. The van der Waals surface area contributed by atoms with Gasteiger partial charge >= 0.3 is 0 Å². The number of hydrogen-bond donors (Lipinski definition) is 2. The summed E-state index contributed by atoms with van der Waals surface area (Å²) in [7, 11) is 0. The highest BCUT2D eigenvalue weighted by molar-refractivity contribution is 6.06. The highest BCUT2D eigenvalue weighted by atomic mass is 16.6. The summed E-state index contributed by atoms with van der Waals surface area (Å²) >= 11 is 0. The van der Waals surface area contributed by atoms with Crippen LogP contribution in [0, 0.1) is 40.5 Å². The van der Waals surface area contributed by atoms with Crippen LogP contribution in [-0.4, -0.2) is 36.5 Å². The van der Waals surface area contributed by atoms with Crippen molar-refractivity contribution in [2.24, 2.45) is 0 Å². The molecular formula is C19H11N7O10. The van der Waals surface area contributed by atoms with Gasteiger partial charge in [0.15, 0.2) is 0 Å². The van der Waals surface area contributed by atoms with Crippen LogP contribution >= 0.6 is 0 Å². The lowest BCUT2D eigenvalue weighted by Gasteiger charge is -2.08. The first-order chi connectivity index (χ1) is 16.9. The van der Waals surface area contributed by atoms with Gasteiger partial charge in [0.1, 0.15) is 11.6 Å². The summed E-state index contributed by atoms with van der Waals surface area (Å²) in [5.41, 5.74) is -3.56. The molecule has 0 atom stereocenters. The maximum absolute atomic E-state index is 12.5. The molecule has 3 rings (SSSR count).